The SMILES string of the molecule is CC(=O)OCNc1c(C2CCCCC2)nc2cc(C)cc(C)n12. The molecule has 5 nitrogen and oxygen atoms in total. The van der Waals surface area contributed by atoms with Crippen LogP contribution in [0.25, 0.3) is 5.65 Å². The number of fused-ring (bicyclic) bond motifs is 1. The first-order valence-corrected chi connectivity index (χ1v) is 8.43. The van der Waals surface area contributed by atoms with Crippen molar-refractivity contribution in [1.29, 1.82) is 0 Å². The molecule has 1 N–H and O–H groups in total. The van der Waals surface area contributed by atoms with E-state index in [0.29, 0.717) is 5.92 Å². The van der Waals surface area contributed by atoms with Gasteiger partial charge in [-0.25, -0.2) is 4.98 Å². The molecular formula is C18H25N3O2. The number of ether oxygens (including phenoxy) is 1. The van der Waals surface area contributed by atoms with Crippen LogP contribution in [0.4, 0.5) is 5.82 Å². The van der Waals surface area contributed by atoms with E-state index in [-0.39, 0.29) is 12.7 Å². The molecule has 0 amide bonds. The molecule has 0 aliphatic heterocycles. The van der Waals surface area contributed by atoms with E-state index in [0.717, 1.165) is 22.9 Å². The lowest BCUT2D eigenvalue weighted by Crippen LogP contribution is -2.14. The van der Waals surface area contributed by atoms with Crippen LogP contribution in [-0.2, 0) is 9.53 Å². The van der Waals surface area contributed by atoms with Gasteiger partial charge in [-0.3, -0.25) is 9.20 Å². The first kappa shape index (κ1) is 15.8. The van der Waals surface area contributed by atoms with Crippen LogP contribution >= 0.6 is 0 Å². The minimum absolute atomic E-state index is 0.177. The Bertz CT molecular complexity index is 715. The van der Waals surface area contributed by atoms with Gasteiger partial charge in [0, 0.05) is 18.5 Å². The van der Waals surface area contributed by atoms with Gasteiger partial charge in [0.25, 0.3) is 0 Å². The number of aryl methyl sites for hydroxylation is 2. The fourth-order valence-electron chi connectivity index (χ4n) is 3.59. The van der Waals surface area contributed by atoms with Crippen LogP contribution in [-0.4, -0.2) is 22.1 Å². The molecule has 1 saturated carbocycles. The van der Waals surface area contributed by atoms with E-state index < -0.39 is 0 Å². The number of aromatic nitrogens is 2. The molecule has 0 spiro atoms. The third-order valence-corrected chi connectivity index (χ3v) is 4.58. The molecule has 124 valence electrons. The number of hydrogen-bond donors (Lipinski definition) is 1. The molecular weight excluding hydrogens is 290 g/mol. The molecule has 2 aromatic rings. The fraction of sp³-hybridized carbons (Fsp3) is 0.556. The Morgan fingerprint density at radius 1 is 1.30 bits per heavy atom. The Kier molecular flexibility index (Phi) is 4.55. The first-order chi connectivity index (χ1) is 11.1. The summed E-state index contributed by atoms with van der Waals surface area (Å²) in [6, 6.07) is 4.26. The van der Waals surface area contributed by atoms with Crippen molar-refractivity contribution in [1.82, 2.24) is 9.38 Å². The highest BCUT2D eigenvalue weighted by Gasteiger charge is 2.24. The number of carbonyl (C=O) groups is 1. The summed E-state index contributed by atoms with van der Waals surface area (Å²) in [6.45, 7) is 5.78. The zero-order chi connectivity index (χ0) is 16.4. The number of imidazole rings is 1. The van der Waals surface area contributed by atoms with Crippen LogP contribution in [0.5, 0.6) is 0 Å². The first-order valence-electron chi connectivity index (χ1n) is 8.43. The van der Waals surface area contributed by atoms with Crippen molar-refractivity contribution >= 4 is 17.4 Å². The van der Waals surface area contributed by atoms with E-state index >= 15 is 0 Å². The van der Waals surface area contributed by atoms with Crippen molar-refractivity contribution < 1.29 is 9.53 Å². The van der Waals surface area contributed by atoms with Gasteiger partial charge in [0.05, 0.1) is 5.69 Å². The van der Waals surface area contributed by atoms with E-state index in [1.54, 1.807) is 0 Å². The van der Waals surface area contributed by atoms with Gasteiger partial charge < -0.3 is 10.1 Å². The lowest BCUT2D eigenvalue weighted by atomic mass is 9.87. The number of esters is 1. The normalized spacial score (nSPS) is 15.8. The van der Waals surface area contributed by atoms with Crippen molar-refractivity contribution in [2.75, 3.05) is 12.0 Å². The standard InChI is InChI=1S/C18H25N3O2/c1-12-9-13(2)21-16(10-12)20-17(15-7-5-4-6-8-15)18(21)19-11-23-14(3)22/h9-10,15,19H,4-8,11H2,1-3H3. The number of carbonyl (C=O) groups excluding carboxylic acids is 1. The van der Waals surface area contributed by atoms with Crippen molar-refractivity contribution in [3.63, 3.8) is 0 Å². The number of anilines is 1. The maximum atomic E-state index is 11.0. The number of nitrogens with one attached hydrogen (secondary N) is 1. The number of hydrogen-bond acceptors (Lipinski definition) is 4. The summed E-state index contributed by atoms with van der Waals surface area (Å²) < 4.78 is 7.22. The summed E-state index contributed by atoms with van der Waals surface area (Å²) in [7, 11) is 0. The second kappa shape index (κ2) is 6.60. The Morgan fingerprint density at radius 2 is 2.04 bits per heavy atom. The molecule has 0 bridgehead atoms. The van der Waals surface area contributed by atoms with Crippen LogP contribution < -0.4 is 5.32 Å². The summed E-state index contributed by atoms with van der Waals surface area (Å²) in [5, 5.41) is 3.28. The highest BCUT2D eigenvalue weighted by Crippen LogP contribution is 2.37. The zero-order valence-corrected chi connectivity index (χ0v) is 14.2. The molecule has 23 heavy (non-hydrogen) atoms. The lowest BCUT2D eigenvalue weighted by molar-refractivity contribution is -0.140. The zero-order valence-electron chi connectivity index (χ0n) is 14.2. The van der Waals surface area contributed by atoms with Gasteiger partial charge in [0.1, 0.15) is 11.5 Å². The molecule has 2 aromatic heterocycles. The molecule has 0 saturated heterocycles. The quantitative estimate of drug-likeness (QED) is 0.686. The fourth-order valence-corrected chi connectivity index (χ4v) is 3.59. The molecule has 1 fully saturated rings. The van der Waals surface area contributed by atoms with Crippen LogP contribution in [0.3, 0.4) is 0 Å². The monoisotopic (exact) mass is 315 g/mol. The van der Waals surface area contributed by atoms with Gasteiger partial charge in [-0.1, -0.05) is 19.3 Å². The largest absolute Gasteiger partial charge is 0.445 e. The Morgan fingerprint density at radius 3 is 2.74 bits per heavy atom. The average molecular weight is 315 g/mol. The smallest absolute Gasteiger partial charge is 0.304 e. The van der Waals surface area contributed by atoms with Crippen molar-refractivity contribution in [3.05, 3.63) is 29.1 Å². The molecule has 3 rings (SSSR count). The van der Waals surface area contributed by atoms with Gasteiger partial charge in [0.2, 0.25) is 0 Å². The molecule has 5 heteroatoms. The van der Waals surface area contributed by atoms with Gasteiger partial charge in [0.15, 0.2) is 6.73 Å². The van der Waals surface area contributed by atoms with E-state index in [1.165, 1.54) is 44.6 Å². The minimum atomic E-state index is -0.280. The minimum Gasteiger partial charge on any atom is -0.445 e. The Balaban J connectivity index is 2.01. The van der Waals surface area contributed by atoms with Crippen LogP contribution in [0.15, 0.2) is 12.1 Å². The maximum absolute atomic E-state index is 11.0. The van der Waals surface area contributed by atoms with Crippen LogP contribution in [0, 0.1) is 13.8 Å². The molecule has 1 aliphatic rings. The third kappa shape index (κ3) is 3.33. The van der Waals surface area contributed by atoms with E-state index in [1.807, 2.05) is 0 Å². The highest BCUT2D eigenvalue weighted by atomic mass is 16.5. The number of nitrogens with zero attached hydrogens (tertiary/aromatic N) is 2. The summed E-state index contributed by atoms with van der Waals surface area (Å²) >= 11 is 0. The average Bonchev–Trinajstić information content (AvgIpc) is 2.86. The molecule has 0 unspecified atom stereocenters. The van der Waals surface area contributed by atoms with Gasteiger partial charge >= 0.3 is 5.97 Å². The van der Waals surface area contributed by atoms with Gasteiger partial charge in [-0.15, -0.1) is 0 Å². The molecule has 0 aromatic carbocycles. The van der Waals surface area contributed by atoms with Gasteiger partial charge in [-0.05, 0) is 44.4 Å². The predicted octanol–water partition coefficient (Wildman–Crippen LogP) is 3.93. The Labute approximate surface area is 137 Å². The van der Waals surface area contributed by atoms with E-state index in [9.17, 15) is 4.79 Å². The topological polar surface area (TPSA) is 55.6 Å². The predicted molar refractivity (Wildman–Crippen MR) is 90.7 cm³/mol. The summed E-state index contributed by atoms with van der Waals surface area (Å²) in [5.74, 6) is 1.19. The lowest BCUT2D eigenvalue weighted by Gasteiger charge is -2.21. The van der Waals surface area contributed by atoms with E-state index in [4.69, 9.17) is 9.72 Å². The number of rotatable bonds is 4. The Hall–Kier alpha value is -2.04. The second-order valence-electron chi connectivity index (χ2n) is 6.51. The van der Waals surface area contributed by atoms with Crippen molar-refractivity contribution in [3.8, 4) is 0 Å². The van der Waals surface area contributed by atoms with E-state index in [2.05, 4.69) is 35.7 Å². The van der Waals surface area contributed by atoms with Crippen molar-refractivity contribution in [2.45, 2.75) is 58.8 Å². The van der Waals surface area contributed by atoms with Crippen molar-refractivity contribution in [2.24, 2.45) is 0 Å². The van der Waals surface area contributed by atoms with Crippen LogP contribution in [0.1, 0.15) is 61.9 Å². The second-order valence-corrected chi connectivity index (χ2v) is 6.51. The molecule has 0 radical (unpaired) electrons. The summed E-state index contributed by atoms with van der Waals surface area (Å²) in [6.07, 6.45) is 6.21. The molecule has 2 heterocycles. The summed E-state index contributed by atoms with van der Waals surface area (Å²) in [4.78, 5) is 16.0. The molecule has 0 atom stereocenters. The van der Waals surface area contributed by atoms with Gasteiger partial charge in [-0.2, -0.15) is 0 Å². The number of pyridine rings is 1. The summed E-state index contributed by atoms with van der Waals surface area (Å²) in [5.41, 5.74) is 4.43. The third-order valence-electron chi connectivity index (χ3n) is 4.58. The van der Waals surface area contributed by atoms with Crippen LogP contribution in [0.2, 0.25) is 0 Å². The molecule has 1 aliphatic carbocycles. The maximum Gasteiger partial charge on any atom is 0.304 e. The highest BCUT2D eigenvalue weighted by molar-refractivity contribution is 5.66.